The third-order valence-corrected chi connectivity index (χ3v) is 5.62. The Labute approximate surface area is 115 Å². The monoisotopic (exact) mass is 282 g/mol. The van der Waals surface area contributed by atoms with Gasteiger partial charge in [0.25, 0.3) is 0 Å². The van der Waals surface area contributed by atoms with Gasteiger partial charge in [-0.25, -0.2) is 8.42 Å². The van der Waals surface area contributed by atoms with Gasteiger partial charge in [-0.2, -0.15) is 4.31 Å². The minimum absolute atomic E-state index is 0.105. The van der Waals surface area contributed by atoms with E-state index in [4.69, 9.17) is 5.73 Å². The van der Waals surface area contributed by atoms with Crippen molar-refractivity contribution in [3.8, 4) is 0 Å². The van der Waals surface area contributed by atoms with Crippen molar-refractivity contribution < 1.29 is 8.42 Å². The van der Waals surface area contributed by atoms with Crippen molar-refractivity contribution in [1.82, 2.24) is 4.31 Å². The summed E-state index contributed by atoms with van der Waals surface area (Å²) in [5.41, 5.74) is 6.86. The molecule has 19 heavy (non-hydrogen) atoms. The van der Waals surface area contributed by atoms with Crippen LogP contribution in [-0.4, -0.2) is 25.3 Å². The molecule has 1 fully saturated rings. The molecule has 1 aliphatic carbocycles. The number of nitrogens with zero attached hydrogens (tertiary/aromatic N) is 1. The molecule has 5 heteroatoms. The highest BCUT2D eigenvalue weighted by Gasteiger charge is 2.36. The van der Waals surface area contributed by atoms with Gasteiger partial charge in [0.1, 0.15) is 0 Å². The molecular weight excluding hydrogens is 260 g/mol. The van der Waals surface area contributed by atoms with E-state index in [1.165, 1.54) is 0 Å². The minimum Gasteiger partial charge on any atom is -0.324 e. The van der Waals surface area contributed by atoms with Crippen LogP contribution in [0.1, 0.15) is 44.7 Å². The van der Waals surface area contributed by atoms with E-state index >= 15 is 0 Å². The van der Waals surface area contributed by atoms with Gasteiger partial charge in [-0.1, -0.05) is 26.0 Å². The second-order valence-electron chi connectivity index (χ2n) is 5.03. The Morgan fingerprint density at radius 2 is 2.05 bits per heavy atom. The molecule has 106 valence electrons. The normalized spacial score (nSPS) is 17.7. The molecule has 1 aliphatic rings. The molecule has 0 heterocycles. The van der Waals surface area contributed by atoms with E-state index in [2.05, 4.69) is 0 Å². The van der Waals surface area contributed by atoms with Crippen LogP contribution in [-0.2, 0) is 10.0 Å². The van der Waals surface area contributed by atoms with Gasteiger partial charge in [0.15, 0.2) is 0 Å². The Bertz CT molecular complexity index is 538. The first-order valence-corrected chi connectivity index (χ1v) is 8.32. The maximum atomic E-state index is 12.6. The molecular formula is C14H22N2O2S. The van der Waals surface area contributed by atoms with Crippen LogP contribution in [0.3, 0.4) is 0 Å². The molecule has 0 saturated heterocycles. The minimum atomic E-state index is -3.37. The van der Waals surface area contributed by atoms with Crippen LogP contribution in [0.15, 0.2) is 29.2 Å². The second-order valence-corrected chi connectivity index (χ2v) is 6.92. The lowest BCUT2D eigenvalue weighted by molar-refractivity contribution is 0.421. The van der Waals surface area contributed by atoms with E-state index in [0.717, 1.165) is 24.8 Å². The van der Waals surface area contributed by atoms with E-state index in [1.54, 1.807) is 22.5 Å². The summed E-state index contributed by atoms with van der Waals surface area (Å²) in [4.78, 5) is 0.364. The largest absolute Gasteiger partial charge is 0.324 e. The summed E-state index contributed by atoms with van der Waals surface area (Å²) in [5, 5.41) is 0. The molecule has 4 nitrogen and oxygen atoms in total. The third kappa shape index (κ3) is 2.99. The van der Waals surface area contributed by atoms with Crippen molar-refractivity contribution in [2.24, 2.45) is 5.73 Å². The summed E-state index contributed by atoms with van der Waals surface area (Å²) in [7, 11) is -3.37. The van der Waals surface area contributed by atoms with Crippen molar-refractivity contribution in [3.63, 3.8) is 0 Å². The average Bonchev–Trinajstić information content (AvgIpc) is 3.23. The Kier molecular flexibility index (Phi) is 4.28. The maximum absolute atomic E-state index is 12.6. The number of hydrogen-bond donors (Lipinski definition) is 1. The summed E-state index contributed by atoms with van der Waals surface area (Å²) in [6, 6.07) is 7.13. The van der Waals surface area contributed by atoms with Gasteiger partial charge in [-0.15, -0.1) is 0 Å². The molecule has 1 aromatic carbocycles. The van der Waals surface area contributed by atoms with Crippen molar-refractivity contribution in [1.29, 1.82) is 0 Å². The van der Waals surface area contributed by atoms with E-state index in [0.29, 0.717) is 11.4 Å². The van der Waals surface area contributed by atoms with Gasteiger partial charge in [0, 0.05) is 18.6 Å². The molecule has 1 aromatic rings. The van der Waals surface area contributed by atoms with Crippen LogP contribution in [0.5, 0.6) is 0 Å². The summed E-state index contributed by atoms with van der Waals surface area (Å²) < 4.78 is 26.8. The molecule has 0 amide bonds. The molecule has 1 saturated carbocycles. The highest BCUT2D eigenvalue weighted by molar-refractivity contribution is 7.89. The summed E-state index contributed by atoms with van der Waals surface area (Å²) in [6.07, 6.45) is 2.74. The second kappa shape index (κ2) is 5.61. The molecule has 0 aromatic heterocycles. The Morgan fingerprint density at radius 1 is 1.37 bits per heavy atom. The first-order valence-electron chi connectivity index (χ1n) is 6.88. The molecule has 2 N–H and O–H groups in total. The summed E-state index contributed by atoms with van der Waals surface area (Å²) >= 11 is 0. The third-order valence-electron chi connectivity index (χ3n) is 3.60. The van der Waals surface area contributed by atoms with E-state index in [1.807, 2.05) is 19.9 Å². The molecule has 0 aliphatic heterocycles. The van der Waals surface area contributed by atoms with Crippen molar-refractivity contribution in [2.75, 3.05) is 6.54 Å². The first-order chi connectivity index (χ1) is 9.00. The lowest BCUT2D eigenvalue weighted by atomic mass is 10.1. The highest BCUT2D eigenvalue weighted by Crippen LogP contribution is 2.32. The van der Waals surface area contributed by atoms with Gasteiger partial charge < -0.3 is 5.73 Å². The summed E-state index contributed by atoms with van der Waals surface area (Å²) in [5.74, 6) is 0. The predicted molar refractivity (Wildman–Crippen MR) is 76.2 cm³/mol. The zero-order valence-electron chi connectivity index (χ0n) is 11.5. The fourth-order valence-electron chi connectivity index (χ4n) is 2.26. The van der Waals surface area contributed by atoms with Gasteiger partial charge in [0.05, 0.1) is 4.90 Å². The van der Waals surface area contributed by atoms with Crippen LogP contribution in [0.2, 0.25) is 0 Å². The SMILES string of the molecule is CCC(N)c1cccc(S(=O)(=O)N(CC)C2CC2)c1. The number of nitrogens with two attached hydrogens (primary N) is 1. The molecule has 2 rings (SSSR count). The van der Waals surface area contributed by atoms with Gasteiger partial charge >= 0.3 is 0 Å². The lowest BCUT2D eigenvalue weighted by Crippen LogP contribution is -2.33. The van der Waals surface area contributed by atoms with Crippen molar-refractivity contribution >= 4 is 10.0 Å². The standard InChI is InChI=1S/C14H22N2O2S/c1-3-14(15)11-6-5-7-13(10-11)19(17,18)16(4-2)12-8-9-12/h5-7,10,12,14H,3-4,8-9,15H2,1-2H3. The Morgan fingerprint density at radius 3 is 2.58 bits per heavy atom. The lowest BCUT2D eigenvalue weighted by Gasteiger charge is -2.20. The predicted octanol–water partition coefficient (Wildman–Crippen LogP) is 2.27. The fourth-order valence-corrected chi connectivity index (χ4v) is 4.01. The zero-order chi connectivity index (χ0) is 14.0. The van der Waals surface area contributed by atoms with Gasteiger partial charge in [-0.05, 0) is 37.0 Å². The van der Waals surface area contributed by atoms with Gasteiger partial charge in [0.2, 0.25) is 10.0 Å². The van der Waals surface area contributed by atoms with Crippen LogP contribution in [0.25, 0.3) is 0 Å². The number of rotatable bonds is 6. The Hall–Kier alpha value is -0.910. The van der Waals surface area contributed by atoms with Crippen LogP contribution < -0.4 is 5.73 Å². The Balaban J connectivity index is 2.34. The van der Waals surface area contributed by atoms with Crippen molar-refractivity contribution in [3.05, 3.63) is 29.8 Å². The molecule has 0 bridgehead atoms. The number of hydrogen-bond acceptors (Lipinski definition) is 3. The van der Waals surface area contributed by atoms with E-state index < -0.39 is 10.0 Å². The fraction of sp³-hybridized carbons (Fsp3) is 0.571. The maximum Gasteiger partial charge on any atom is 0.243 e. The number of sulfonamides is 1. The van der Waals surface area contributed by atoms with Gasteiger partial charge in [-0.3, -0.25) is 0 Å². The smallest absolute Gasteiger partial charge is 0.243 e. The average molecular weight is 282 g/mol. The molecule has 0 spiro atoms. The molecule has 0 radical (unpaired) electrons. The van der Waals surface area contributed by atoms with E-state index in [9.17, 15) is 8.42 Å². The van der Waals surface area contributed by atoms with Crippen LogP contribution in [0.4, 0.5) is 0 Å². The topological polar surface area (TPSA) is 63.4 Å². The molecule has 1 atom stereocenters. The highest BCUT2D eigenvalue weighted by atomic mass is 32.2. The van der Waals surface area contributed by atoms with Crippen LogP contribution in [0, 0.1) is 0 Å². The quantitative estimate of drug-likeness (QED) is 0.870. The molecule has 1 unspecified atom stereocenters. The van der Waals surface area contributed by atoms with Crippen molar-refractivity contribution in [2.45, 2.75) is 50.1 Å². The zero-order valence-corrected chi connectivity index (χ0v) is 12.4. The summed E-state index contributed by atoms with van der Waals surface area (Å²) in [6.45, 7) is 4.41. The van der Waals surface area contributed by atoms with E-state index in [-0.39, 0.29) is 12.1 Å². The van der Waals surface area contributed by atoms with Crippen LogP contribution >= 0.6 is 0 Å². The number of benzene rings is 1. The first kappa shape index (κ1) is 14.5.